The van der Waals surface area contributed by atoms with Crippen LogP contribution < -0.4 is 10.5 Å². The van der Waals surface area contributed by atoms with Crippen LogP contribution in [0.5, 0.6) is 0 Å². The van der Waals surface area contributed by atoms with Crippen molar-refractivity contribution in [2.24, 2.45) is 12.2 Å². The number of hydrogen-bond acceptors (Lipinski definition) is 6. The molecule has 2 heterocycles. The van der Waals surface area contributed by atoms with Crippen molar-refractivity contribution in [1.29, 1.82) is 0 Å². The third-order valence-electron chi connectivity index (χ3n) is 5.52. The van der Waals surface area contributed by atoms with Crippen molar-refractivity contribution in [1.82, 2.24) is 24.8 Å². The molecule has 0 radical (unpaired) electrons. The summed E-state index contributed by atoms with van der Waals surface area (Å²) >= 11 is 0. The Morgan fingerprint density at radius 1 is 1.06 bits per heavy atom. The van der Waals surface area contributed by atoms with Gasteiger partial charge in [-0.05, 0) is 62.2 Å². The Bertz CT molecular complexity index is 1440. The van der Waals surface area contributed by atoms with Crippen molar-refractivity contribution in [3.05, 3.63) is 71.7 Å². The van der Waals surface area contributed by atoms with Crippen LogP contribution in [0.2, 0.25) is 0 Å². The van der Waals surface area contributed by atoms with E-state index >= 15 is 0 Å². The minimum Gasteiger partial charge on any atom is -0.326 e. The summed E-state index contributed by atoms with van der Waals surface area (Å²) in [5, 5.41) is 20.7. The molecule has 0 atom stereocenters. The number of hydrogen-bond donors (Lipinski definition) is 2. The molecule has 1 amide bonds. The van der Waals surface area contributed by atoms with Crippen LogP contribution in [0.25, 0.3) is 16.9 Å². The monoisotopic (exact) mass is 479 g/mol. The molecule has 3 N–H and O–H groups in total. The van der Waals surface area contributed by atoms with E-state index in [9.17, 15) is 13.2 Å². The zero-order valence-electron chi connectivity index (χ0n) is 19.1. The molecule has 0 fully saturated rings. The molecule has 34 heavy (non-hydrogen) atoms. The molecule has 0 unspecified atom stereocenters. The Hall–Kier alpha value is -3.83. The second-order valence-electron chi connectivity index (χ2n) is 8.00. The van der Waals surface area contributed by atoms with Gasteiger partial charge in [0.15, 0.2) is 0 Å². The highest BCUT2D eigenvalue weighted by molar-refractivity contribution is 7.89. The minimum atomic E-state index is -3.76. The van der Waals surface area contributed by atoms with E-state index in [1.807, 2.05) is 51.4 Å². The topological polar surface area (TPSA) is 138 Å². The maximum atomic E-state index is 12.5. The van der Waals surface area contributed by atoms with Crippen molar-refractivity contribution >= 4 is 21.6 Å². The first-order valence-corrected chi connectivity index (χ1v) is 12.1. The number of rotatable bonds is 7. The van der Waals surface area contributed by atoms with E-state index in [-0.39, 0.29) is 10.8 Å². The molecule has 4 rings (SSSR count). The summed E-state index contributed by atoms with van der Waals surface area (Å²) in [6.45, 7) is 3.81. The van der Waals surface area contributed by atoms with Gasteiger partial charge in [-0.3, -0.25) is 9.48 Å². The number of primary sulfonamides is 1. The first kappa shape index (κ1) is 23.3. The third kappa shape index (κ3) is 5.05. The number of nitrogens with one attached hydrogen (secondary N) is 1. The van der Waals surface area contributed by atoms with E-state index in [1.165, 1.54) is 12.1 Å². The second-order valence-corrected chi connectivity index (χ2v) is 9.56. The van der Waals surface area contributed by atoms with Gasteiger partial charge in [0.25, 0.3) is 0 Å². The fourth-order valence-corrected chi connectivity index (χ4v) is 4.25. The Morgan fingerprint density at radius 2 is 1.74 bits per heavy atom. The summed E-state index contributed by atoms with van der Waals surface area (Å²) in [5.41, 5.74) is 5.79. The van der Waals surface area contributed by atoms with Crippen LogP contribution in [0.15, 0.2) is 59.6 Å². The quantitative estimate of drug-likeness (QED) is 0.418. The lowest BCUT2D eigenvalue weighted by Gasteiger charge is -2.08. The Balaban J connectivity index is 1.41. The van der Waals surface area contributed by atoms with Crippen molar-refractivity contribution in [3.8, 4) is 16.9 Å². The van der Waals surface area contributed by atoms with E-state index in [2.05, 4.69) is 20.7 Å². The van der Waals surface area contributed by atoms with Gasteiger partial charge in [0, 0.05) is 30.4 Å². The molecule has 176 valence electrons. The van der Waals surface area contributed by atoms with Gasteiger partial charge in [0.1, 0.15) is 5.69 Å². The zero-order valence-corrected chi connectivity index (χ0v) is 19.9. The predicted octanol–water partition coefficient (Wildman–Crippen LogP) is 2.50. The molecule has 0 saturated heterocycles. The minimum absolute atomic E-state index is 0.0411. The molecular weight excluding hydrogens is 454 g/mol. The van der Waals surface area contributed by atoms with Gasteiger partial charge in [0.05, 0.1) is 22.5 Å². The number of sulfonamides is 1. The van der Waals surface area contributed by atoms with E-state index < -0.39 is 10.0 Å². The summed E-state index contributed by atoms with van der Waals surface area (Å²) in [7, 11) is -1.95. The van der Waals surface area contributed by atoms with Crippen LogP contribution in [0, 0.1) is 13.8 Å². The molecule has 0 aliphatic carbocycles. The normalized spacial score (nSPS) is 11.5. The second kappa shape index (κ2) is 9.20. The summed E-state index contributed by atoms with van der Waals surface area (Å²) < 4.78 is 26.3. The molecule has 0 aliphatic heterocycles. The Kier molecular flexibility index (Phi) is 6.31. The van der Waals surface area contributed by atoms with E-state index in [0.717, 1.165) is 28.2 Å². The first-order valence-electron chi connectivity index (χ1n) is 10.6. The van der Waals surface area contributed by atoms with Crippen molar-refractivity contribution in [2.75, 3.05) is 5.32 Å². The molecule has 0 spiro atoms. The standard InChI is InChI=1S/C23H25N7O3S/c1-15-21(16(2)30(27-15)19-8-10-20(11-9-19)34(24,32)33)12-13-23(31)25-18-6-4-17(5-7-18)22-14-29(3)28-26-22/h4-11,14H,12-13H2,1-3H3,(H,25,31)(H2,24,32,33). The number of aromatic nitrogens is 5. The number of nitrogens with zero attached hydrogens (tertiary/aromatic N) is 5. The van der Waals surface area contributed by atoms with Crippen molar-refractivity contribution < 1.29 is 13.2 Å². The van der Waals surface area contributed by atoms with Crippen LogP contribution >= 0.6 is 0 Å². The number of carbonyl (C=O) groups is 1. The summed E-state index contributed by atoms with van der Waals surface area (Å²) in [6.07, 6.45) is 2.65. The highest BCUT2D eigenvalue weighted by Crippen LogP contribution is 2.22. The molecule has 4 aromatic rings. The summed E-state index contributed by atoms with van der Waals surface area (Å²) in [4.78, 5) is 12.6. The smallest absolute Gasteiger partial charge is 0.238 e. The molecule has 2 aromatic carbocycles. The van der Waals surface area contributed by atoms with E-state index in [0.29, 0.717) is 24.2 Å². The van der Waals surface area contributed by atoms with Crippen LogP contribution in [-0.4, -0.2) is 39.1 Å². The lowest BCUT2D eigenvalue weighted by Crippen LogP contribution is -2.13. The summed E-state index contributed by atoms with van der Waals surface area (Å²) in [6, 6.07) is 13.6. The van der Waals surface area contributed by atoms with Crippen molar-refractivity contribution in [3.63, 3.8) is 0 Å². The van der Waals surface area contributed by atoms with Gasteiger partial charge < -0.3 is 5.32 Å². The third-order valence-corrected chi connectivity index (χ3v) is 6.45. The van der Waals surface area contributed by atoms with Gasteiger partial charge >= 0.3 is 0 Å². The average Bonchev–Trinajstić information content (AvgIpc) is 3.35. The highest BCUT2D eigenvalue weighted by atomic mass is 32.2. The van der Waals surface area contributed by atoms with E-state index in [1.54, 1.807) is 21.5 Å². The number of carbonyl (C=O) groups excluding carboxylic acids is 1. The van der Waals surface area contributed by atoms with Gasteiger partial charge in [0.2, 0.25) is 15.9 Å². The van der Waals surface area contributed by atoms with Crippen LogP contribution in [0.4, 0.5) is 5.69 Å². The number of benzene rings is 2. The molecule has 11 heteroatoms. The Morgan fingerprint density at radius 3 is 2.32 bits per heavy atom. The maximum Gasteiger partial charge on any atom is 0.238 e. The highest BCUT2D eigenvalue weighted by Gasteiger charge is 2.15. The van der Waals surface area contributed by atoms with Crippen LogP contribution in [0.3, 0.4) is 0 Å². The molecule has 0 saturated carbocycles. The van der Waals surface area contributed by atoms with Gasteiger partial charge in [-0.1, -0.05) is 17.3 Å². The van der Waals surface area contributed by atoms with Gasteiger partial charge in [-0.2, -0.15) is 5.10 Å². The first-order chi connectivity index (χ1) is 16.1. The number of aryl methyl sites for hydroxylation is 2. The zero-order chi connectivity index (χ0) is 24.5. The average molecular weight is 480 g/mol. The number of anilines is 1. The lowest BCUT2D eigenvalue weighted by atomic mass is 10.1. The van der Waals surface area contributed by atoms with E-state index in [4.69, 9.17) is 5.14 Å². The van der Waals surface area contributed by atoms with Crippen LogP contribution in [-0.2, 0) is 28.3 Å². The molecule has 0 bridgehead atoms. The summed E-state index contributed by atoms with van der Waals surface area (Å²) in [5.74, 6) is -0.101. The molecule has 10 nitrogen and oxygen atoms in total. The fourth-order valence-electron chi connectivity index (χ4n) is 3.73. The fraction of sp³-hybridized carbons (Fsp3) is 0.217. The van der Waals surface area contributed by atoms with Gasteiger partial charge in [-0.25, -0.2) is 18.2 Å². The maximum absolute atomic E-state index is 12.5. The lowest BCUT2D eigenvalue weighted by molar-refractivity contribution is -0.116. The predicted molar refractivity (Wildman–Crippen MR) is 128 cm³/mol. The number of amides is 1. The molecule has 2 aromatic heterocycles. The largest absolute Gasteiger partial charge is 0.326 e. The Labute approximate surface area is 197 Å². The number of nitrogens with two attached hydrogens (primary N) is 1. The van der Waals surface area contributed by atoms with Crippen LogP contribution in [0.1, 0.15) is 23.4 Å². The molecule has 0 aliphatic rings. The SMILES string of the molecule is Cc1nn(-c2ccc(S(N)(=O)=O)cc2)c(C)c1CCC(=O)Nc1ccc(-c2cn(C)nn2)cc1. The molecular formula is C23H25N7O3S. The van der Waals surface area contributed by atoms with Gasteiger partial charge in [-0.15, -0.1) is 5.10 Å². The van der Waals surface area contributed by atoms with Crippen molar-refractivity contribution in [2.45, 2.75) is 31.6 Å².